The number of nitrogens with one attached hydrogen (secondary N) is 1. The van der Waals surface area contributed by atoms with Crippen LogP contribution in [0.1, 0.15) is 38.1 Å². The first-order valence-electron chi connectivity index (χ1n) is 9.46. The van der Waals surface area contributed by atoms with Gasteiger partial charge >= 0.3 is 6.03 Å². The zero-order valence-corrected chi connectivity index (χ0v) is 15.6. The first-order chi connectivity index (χ1) is 12.5. The fourth-order valence-electron chi connectivity index (χ4n) is 3.64. The summed E-state index contributed by atoms with van der Waals surface area (Å²) in [6.45, 7) is 7.60. The van der Waals surface area contributed by atoms with E-state index in [2.05, 4.69) is 10.4 Å². The maximum atomic E-state index is 12.3. The minimum atomic E-state index is -0.106. The van der Waals surface area contributed by atoms with E-state index in [1.54, 1.807) is 4.90 Å². The Morgan fingerprint density at radius 1 is 1.31 bits per heavy atom. The van der Waals surface area contributed by atoms with Crippen LogP contribution in [0, 0.1) is 11.8 Å². The highest BCUT2D eigenvalue weighted by Crippen LogP contribution is 2.17. The van der Waals surface area contributed by atoms with Crippen molar-refractivity contribution >= 4 is 11.9 Å². The van der Waals surface area contributed by atoms with Crippen LogP contribution in [0.4, 0.5) is 4.79 Å². The summed E-state index contributed by atoms with van der Waals surface area (Å²) in [6, 6.07) is 1.86. The molecule has 2 N–H and O–H groups in total. The molecule has 3 amide bonds. The number of rotatable bonds is 4. The van der Waals surface area contributed by atoms with Gasteiger partial charge < -0.3 is 20.2 Å². The van der Waals surface area contributed by atoms with E-state index in [4.69, 9.17) is 0 Å². The third-order valence-corrected chi connectivity index (χ3v) is 5.14. The summed E-state index contributed by atoms with van der Waals surface area (Å²) in [5.74, 6) is 0.338. The van der Waals surface area contributed by atoms with E-state index in [-0.39, 0.29) is 30.4 Å². The van der Waals surface area contributed by atoms with Gasteiger partial charge in [-0.15, -0.1) is 0 Å². The molecular weight excluding hydrogens is 334 g/mol. The van der Waals surface area contributed by atoms with Crippen molar-refractivity contribution in [3.8, 4) is 0 Å². The highest BCUT2D eigenvalue weighted by molar-refractivity contribution is 5.78. The average Bonchev–Trinajstić information content (AvgIpc) is 3.07. The Morgan fingerprint density at radius 3 is 2.85 bits per heavy atom. The highest BCUT2D eigenvalue weighted by Gasteiger charge is 2.25. The molecule has 0 radical (unpaired) electrons. The number of hydrogen-bond acceptors (Lipinski definition) is 4. The Balaban J connectivity index is 1.54. The maximum absolute atomic E-state index is 12.3. The summed E-state index contributed by atoms with van der Waals surface area (Å²) in [4.78, 5) is 28.1. The number of amides is 3. The Morgan fingerprint density at radius 2 is 2.12 bits per heavy atom. The first-order valence-corrected chi connectivity index (χ1v) is 9.46. The van der Waals surface area contributed by atoms with Gasteiger partial charge in [0.1, 0.15) is 0 Å². The standard InChI is InChI=1S/C18H29N5O3/c1-13(2)17(25)21-6-7-23-16(11-21)8-15(20-23)9-19-18(26)22-5-3-4-14(10-22)12-24/h8,13-14,24H,3-7,9-12H2,1-2H3,(H,19,26)/t14-/m1/s1. The number of nitrogens with zero attached hydrogens (tertiary/aromatic N) is 4. The molecular formula is C18H29N5O3. The maximum Gasteiger partial charge on any atom is 0.317 e. The van der Waals surface area contributed by atoms with Gasteiger partial charge in [0.2, 0.25) is 5.91 Å². The van der Waals surface area contributed by atoms with E-state index < -0.39 is 0 Å². The van der Waals surface area contributed by atoms with Crippen LogP contribution < -0.4 is 5.32 Å². The van der Waals surface area contributed by atoms with Crippen molar-refractivity contribution in [3.05, 3.63) is 17.5 Å². The monoisotopic (exact) mass is 363 g/mol. The summed E-state index contributed by atoms with van der Waals surface area (Å²) >= 11 is 0. The second-order valence-electron chi connectivity index (χ2n) is 7.56. The number of fused-ring (bicyclic) bond motifs is 1. The van der Waals surface area contributed by atoms with Gasteiger partial charge in [-0.05, 0) is 24.8 Å². The molecule has 1 atom stereocenters. The molecule has 3 rings (SSSR count). The first kappa shape index (κ1) is 18.7. The summed E-state index contributed by atoms with van der Waals surface area (Å²) in [5, 5.41) is 16.8. The number of aliphatic hydroxyl groups excluding tert-OH is 1. The van der Waals surface area contributed by atoms with Gasteiger partial charge in [-0.25, -0.2) is 4.79 Å². The largest absolute Gasteiger partial charge is 0.396 e. The average molecular weight is 363 g/mol. The summed E-state index contributed by atoms with van der Waals surface area (Å²) in [7, 11) is 0. The third kappa shape index (κ3) is 4.17. The third-order valence-electron chi connectivity index (χ3n) is 5.14. The second-order valence-corrected chi connectivity index (χ2v) is 7.56. The molecule has 0 aromatic carbocycles. The molecule has 0 saturated carbocycles. The second kappa shape index (κ2) is 8.07. The van der Waals surface area contributed by atoms with Crippen LogP contribution in [0.5, 0.6) is 0 Å². The van der Waals surface area contributed by atoms with Crippen molar-refractivity contribution in [1.82, 2.24) is 24.9 Å². The van der Waals surface area contributed by atoms with E-state index in [1.807, 2.05) is 29.5 Å². The van der Waals surface area contributed by atoms with Crippen LogP contribution >= 0.6 is 0 Å². The zero-order chi connectivity index (χ0) is 18.7. The van der Waals surface area contributed by atoms with Crippen LogP contribution in [0.2, 0.25) is 0 Å². The SMILES string of the molecule is CC(C)C(=O)N1CCn2nc(CNC(=O)N3CCC[C@@H](CO)C3)cc2C1. The van der Waals surface area contributed by atoms with E-state index >= 15 is 0 Å². The van der Waals surface area contributed by atoms with E-state index in [9.17, 15) is 14.7 Å². The van der Waals surface area contributed by atoms with E-state index in [0.29, 0.717) is 32.7 Å². The molecule has 1 aromatic rings. The quantitative estimate of drug-likeness (QED) is 0.828. The fourth-order valence-corrected chi connectivity index (χ4v) is 3.64. The van der Waals surface area contributed by atoms with Gasteiger partial charge in [0.05, 0.1) is 31.0 Å². The molecule has 2 aliphatic heterocycles. The summed E-state index contributed by atoms with van der Waals surface area (Å²) in [6.07, 6.45) is 1.90. The number of likely N-dealkylation sites (tertiary alicyclic amines) is 1. The van der Waals surface area contributed by atoms with Gasteiger partial charge in [0.25, 0.3) is 0 Å². The number of urea groups is 1. The normalized spacial score (nSPS) is 20.2. The van der Waals surface area contributed by atoms with Gasteiger partial charge in [-0.1, -0.05) is 13.8 Å². The van der Waals surface area contributed by atoms with Crippen LogP contribution in [-0.4, -0.2) is 62.9 Å². The lowest BCUT2D eigenvalue weighted by atomic mass is 9.99. The molecule has 8 nitrogen and oxygen atoms in total. The molecule has 0 unspecified atom stereocenters. The molecule has 0 bridgehead atoms. The van der Waals surface area contributed by atoms with Crippen molar-refractivity contribution in [2.45, 2.75) is 46.3 Å². The number of carbonyl (C=O) groups is 2. The van der Waals surface area contributed by atoms with Crippen LogP contribution in [-0.2, 0) is 24.4 Å². The molecule has 1 fully saturated rings. The van der Waals surface area contributed by atoms with Crippen molar-refractivity contribution in [2.75, 3.05) is 26.2 Å². The molecule has 2 aliphatic rings. The molecule has 0 spiro atoms. The van der Waals surface area contributed by atoms with Crippen molar-refractivity contribution < 1.29 is 14.7 Å². The smallest absolute Gasteiger partial charge is 0.317 e. The van der Waals surface area contributed by atoms with Crippen molar-refractivity contribution in [1.29, 1.82) is 0 Å². The van der Waals surface area contributed by atoms with Gasteiger partial charge in [-0.2, -0.15) is 5.10 Å². The lowest BCUT2D eigenvalue weighted by molar-refractivity contribution is -0.136. The fraction of sp³-hybridized carbons (Fsp3) is 0.722. The minimum absolute atomic E-state index is 0.00415. The number of carbonyl (C=O) groups excluding carboxylic acids is 2. The van der Waals surface area contributed by atoms with Crippen LogP contribution in [0.25, 0.3) is 0 Å². The Hall–Kier alpha value is -2.09. The van der Waals surface area contributed by atoms with Crippen molar-refractivity contribution in [3.63, 3.8) is 0 Å². The topological polar surface area (TPSA) is 90.7 Å². The molecule has 144 valence electrons. The number of aromatic nitrogens is 2. The molecule has 1 saturated heterocycles. The van der Waals surface area contributed by atoms with Crippen LogP contribution in [0.3, 0.4) is 0 Å². The Bertz CT molecular complexity index is 657. The van der Waals surface area contributed by atoms with E-state index in [0.717, 1.165) is 30.8 Å². The lowest BCUT2D eigenvalue weighted by Gasteiger charge is -2.31. The van der Waals surface area contributed by atoms with Crippen molar-refractivity contribution in [2.24, 2.45) is 11.8 Å². The minimum Gasteiger partial charge on any atom is -0.396 e. The lowest BCUT2D eigenvalue weighted by Crippen LogP contribution is -2.46. The summed E-state index contributed by atoms with van der Waals surface area (Å²) < 4.78 is 1.92. The predicted octanol–water partition coefficient (Wildman–Crippen LogP) is 0.795. The van der Waals surface area contributed by atoms with E-state index in [1.165, 1.54) is 0 Å². The molecule has 8 heteroatoms. The molecule has 26 heavy (non-hydrogen) atoms. The Kier molecular flexibility index (Phi) is 5.80. The molecule has 0 aliphatic carbocycles. The molecule has 1 aromatic heterocycles. The van der Waals surface area contributed by atoms with Gasteiger partial charge in [-0.3, -0.25) is 9.48 Å². The predicted molar refractivity (Wildman–Crippen MR) is 96.1 cm³/mol. The van der Waals surface area contributed by atoms with Gasteiger partial charge in [0.15, 0.2) is 0 Å². The molecule has 3 heterocycles. The van der Waals surface area contributed by atoms with Crippen LogP contribution in [0.15, 0.2) is 6.07 Å². The Labute approximate surface area is 154 Å². The number of hydrogen-bond donors (Lipinski definition) is 2. The number of aliphatic hydroxyl groups is 1. The number of piperidine rings is 1. The summed E-state index contributed by atoms with van der Waals surface area (Å²) in [5.41, 5.74) is 1.82. The van der Waals surface area contributed by atoms with Gasteiger partial charge in [0, 0.05) is 32.2 Å². The zero-order valence-electron chi connectivity index (χ0n) is 15.6. The highest BCUT2D eigenvalue weighted by atomic mass is 16.3.